The predicted octanol–water partition coefficient (Wildman–Crippen LogP) is 5.50. The number of hydrogen-bond donors (Lipinski definition) is 2. The summed E-state index contributed by atoms with van der Waals surface area (Å²) in [6, 6.07) is 1.31. The molecule has 44 heavy (non-hydrogen) atoms. The van der Waals surface area contributed by atoms with E-state index in [0.29, 0.717) is 11.6 Å². The van der Waals surface area contributed by atoms with Gasteiger partial charge in [0.15, 0.2) is 5.65 Å². The third-order valence-electron chi connectivity index (χ3n) is 7.88. The zero-order valence-electron chi connectivity index (χ0n) is 22.9. The molecular formula is C27H27F8N7O2. The van der Waals surface area contributed by atoms with Crippen molar-refractivity contribution in [2.75, 3.05) is 0 Å². The number of nitrogens with one attached hydrogen (secondary N) is 1. The number of nitrogens with two attached hydrogens (primary N) is 1. The van der Waals surface area contributed by atoms with Crippen molar-refractivity contribution in [3.05, 3.63) is 53.0 Å². The number of imidazole rings is 1. The summed E-state index contributed by atoms with van der Waals surface area (Å²) >= 11 is 0. The molecule has 3 aromatic rings. The molecule has 2 atom stereocenters. The average Bonchev–Trinajstić information content (AvgIpc) is 3.69. The number of halogens is 8. The molecule has 0 aliphatic heterocycles. The molecule has 0 unspecified atom stereocenters. The van der Waals surface area contributed by atoms with Gasteiger partial charge in [-0.05, 0) is 49.1 Å². The van der Waals surface area contributed by atoms with E-state index in [-0.39, 0.29) is 30.1 Å². The highest BCUT2D eigenvalue weighted by atomic mass is 19.4. The molecule has 2 fully saturated rings. The SMILES string of the molecule is NC(=O)c1cc(C(F)(F)F)nc([C@H](c2cn3ncc([C@H](NC(=O)CCC(F)(F)F)C4CC4)cc3n2)C2CCC(F)(F)CC2)n1. The third kappa shape index (κ3) is 7.41. The van der Waals surface area contributed by atoms with Crippen LogP contribution in [-0.2, 0) is 11.0 Å². The molecule has 3 aromatic heterocycles. The molecule has 238 valence electrons. The lowest BCUT2D eigenvalue weighted by Crippen LogP contribution is -2.30. The minimum atomic E-state index is -4.97. The number of amides is 2. The minimum Gasteiger partial charge on any atom is -0.364 e. The number of rotatable bonds is 9. The number of nitrogens with zero attached hydrogens (tertiary/aromatic N) is 5. The maximum Gasteiger partial charge on any atom is 0.433 e. The van der Waals surface area contributed by atoms with E-state index in [1.165, 1.54) is 23.0 Å². The molecule has 0 saturated heterocycles. The maximum atomic E-state index is 14.0. The summed E-state index contributed by atoms with van der Waals surface area (Å²) < 4.78 is 108. The van der Waals surface area contributed by atoms with Crippen LogP contribution in [0.15, 0.2) is 24.5 Å². The van der Waals surface area contributed by atoms with Gasteiger partial charge in [-0.25, -0.2) is 28.2 Å². The van der Waals surface area contributed by atoms with E-state index in [1.54, 1.807) is 0 Å². The van der Waals surface area contributed by atoms with Gasteiger partial charge < -0.3 is 11.1 Å². The standard InChI is InChI=1S/C27H27F8N7O2/c28-25(29)6-3-13(4-7-25)21(24-39-16(23(36)44)10-18(40-24)27(33,34)35)17-12-42-19(38-17)9-15(11-37-42)22(14-1-2-14)41-20(43)5-8-26(30,31)32/h9-14,21-22H,1-8H2,(H2,36,44)(H,41,43)/t21-,22+/m0/s1. The quantitative estimate of drug-likeness (QED) is 0.300. The maximum absolute atomic E-state index is 14.0. The molecule has 2 aliphatic carbocycles. The molecule has 3 N–H and O–H groups in total. The van der Waals surface area contributed by atoms with E-state index in [2.05, 4.69) is 25.4 Å². The van der Waals surface area contributed by atoms with Crippen molar-refractivity contribution in [1.82, 2.24) is 29.9 Å². The van der Waals surface area contributed by atoms with E-state index in [0.717, 1.165) is 12.8 Å². The number of hydrogen-bond acceptors (Lipinski definition) is 6. The van der Waals surface area contributed by atoms with Gasteiger partial charge in [0.25, 0.3) is 5.91 Å². The van der Waals surface area contributed by atoms with Crippen LogP contribution >= 0.6 is 0 Å². The summed E-state index contributed by atoms with van der Waals surface area (Å²) in [5.41, 5.74) is 3.86. The Morgan fingerprint density at radius 3 is 2.27 bits per heavy atom. The molecule has 0 aromatic carbocycles. The Hall–Kier alpha value is -3.92. The van der Waals surface area contributed by atoms with Crippen LogP contribution in [-0.4, -0.2) is 48.5 Å². The van der Waals surface area contributed by atoms with Crippen molar-refractivity contribution in [3.63, 3.8) is 0 Å². The Labute approximate surface area is 244 Å². The van der Waals surface area contributed by atoms with E-state index >= 15 is 0 Å². The lowest BCUT2D eigenvalue weighted by atomic mass is 9.77. The first-order valence-electron chi connectivity index (χ1n) is 13.8. The molecule has 0 radical (unpaired) electrons. The van der Waals surface area contributed by atoms with Crippen LogP contribution in [0.25, 0.3) is 5.65 Å². The van der Waals surface area contributed by atoms with Crippen molar-refractivity contribution in [2.45, 2.75) is 81.6 Å². The first kappa shape index (κ1) is 31.5. The van der Waals surface area contributed by atoms with Gasteiger partial charge in [-0.2, -0.15) is 31.4 Å². The number of alkyl halides is 8. The summed E-state index contributed by atoms with van der Waals surface area (Å²) in [6.45, 7) is 0. The van der Waals surface area contributed by atoms with Crippen molar-refractivity contribution >= 4 is 17.5 Å². The Kier molecular flexibility index (Phi) is 8.26. The highest BCUT2D eigenvalue weighted by Gasteiger charge is 2.42. The van der Waals surface area contributed by atoms with Gasteiger partial charge in [-0.15, -0.1) is 0 Å². The Morgan fingerprint density at radius 1 is 1.00 bits per heavy atom. The fourth-order valence-corrected chi connectivity index (χ4v) is 5.49. The second kappa shape index (κ2) is 11.5. The highest BCUT2D eigenvalue weighted by molar-refractivity contribution is 5.90. The van der Waals surface area contributed by atoms with E-state index in [9.17, 15) is 44.7 Å². The first-order chi connectivity index (χ1) is 20.5. The fourth-order valence-electron chi connectivity index (χ4n) is 5.49. The second-order valence-electron chi connectivity index (χ2n) is 11.3. The highest BCUT2D eigenvalue weighted by Crippen LogP contribution is 2.45. The van der Waals surface area contributed by atoms with Crippen molar-refractivity contribution in [1.29, 1.82) is 0 Å². The van der Waals surface area contributed by atoms with Gasteiger partial charge in [0.2, 0.25) is 11.8 Å². The predicted molar refractivity (Wildman–Crippen MR) is 136 cm³/mol. The minimum absolute atomic E-state index is 0.0362. The summed E-state index contributed by atoms with van der Waals surface area (Å²) in [4.78, 5) is 36.3. The molecule has 0 spiro atoms. The van der Waals surface area contributed by atoms with Gasteiger partial charge >= 0.3 is 12.4 Å². The molecule has 3 heterocycles. The van der Waals surface area contributed by atoms with Crippen LogP contribution in [0.2, 0.25) is 0 Å². The van der Waals surface area contributed by atoms with E-state index in [1.807, 2.05) is 0 Å². The molecule has 2 saturated carbocycles. The number of carbonyl (C=O) groups excluding carboxylic acids is 2. The molecule has 17 heteroatoms. The Morgan fingerprint density at radius 2 is 1.68 bits per heavy atom. The smallest absolute Gasteiger partial charge is 0.364 e. The van der Waals surface area contributed by atoms with Crippen LogP contribution in [0, 0.1) is 11.8 Å². The van der Waals surface area contributed by atoms with Crippen molar-refractivity contribution in [3.8, 4) is 0 Å². The molecule has 2 amide bonds. The van der Waals surface area contributed by atoms with E-state index in [4.69, 9.17) is 5.73 Å². The van der Waals surface area contributed by atoms with Gasteiger partial charge in [0.1, 0.15) is 17.2 Å². The van der Waals surface area contributed by atoms with Crippen LogP contribution in [0.1, 0.15) is 96.6 Å². The number of fused-ring (bicyclic) bond motifs is 1. The molecule has 5 rings (SSSR count). The average molecular weight is 634 g/mol. The number of carbonyl (C=O) groups is 2. The van der Waals surface area contributed by atoms with Gasteiger partial charge in [-0.1, -0.05) is 0 Å². The normalized spacial score (nSPS) is 19.1. The largest absolute Gasteiger partial charge is 0.433 e. The summed E-state index contributed by atoms with van der Waals surface area (Å²) in [5.74, 6) is -7.28. The molecule has 9 nitrogen and oxygen atoms in total. The van der Waals surface area contributed by atoms with Gasteiger partial charge in [-0.3, -0.25) is 9.59 Å². The lowest BCUT2D eigenvalue weighted by molar-refractivity contribution is -0.144. The van der Waals surface area contributed by atoms with Crippen molar-refractivity contribution in [2.24, 2.45) is 17.6 Å². The van der Waals surface area contributed by atoms with E-state index < -0.39 is 90.9 Å². The molecule has 0 bridgehead atoms. The fraction of sp³-hybridized carbons (Fsp3) is 0.556. The monoisotopic (exact) mass is 633 g/mol. The Bertz CT molecular complexity index is 1540. The molecule has 2 aliphatic rings. The van der Waals surface area contributed by atoms with Crippen molar-refractivity contribution < 1.29 is 44.7 Å². The topological polar surface area (TPSA) is 128 Å². The molecular weight excluding hydrogens is 606 g/mol. The zero-order chi connectivity index (χ0) is 32.0. The summed E-state index contributed by atoms with van der Waals surface area (Å²) in [5, 5.41) is 6.91. The number of primary amides is 1. The van der Waals surface area contributed by atoms with Crippen LogP contribution in [0.4, 0.5) is 35.1 Å². The van der Waals surface area contributed by atoms with Gasteiger partial charge in [0.05, 0.1) is 36.5 Å². The van der Waals surface area contributed by atoms with Gasteiger partial charge in [0, 0.05) is 25.3 Å². The lowest BCUT2D eigenvalue weighted by Gasteiger charge is -2.32. The first-order valence-corrected chi connectivity index (χ1v) is 13.8. The van der Waals surface area contributed by atoms with Crippen LogP contribution in [0.3, 0.4) is 0 Å². The Balaban J connectivity index is 1.52. The number of aromatic nitrogens is 5. The van der Waals surface area contributed by atoms with Crippen LogP contribution in [0.5, 0.6) is 0 Å². The second-order valence-corrected chi connectivity index (χ2v) is 11.3. The van der Waals surface area contributed by atoms with Crippen LogP contribution < -0.4 is 11.1 Å². The third-order valence-corrected chi connectivity index (χ3v) is 7.88. The summed E-state index contributed by atoms with van der Waals surface area (Å²) in [6.07, 6.45) is -8.50. The zero-order valence-corrected chi connectivity index (χ0v) is 22.9. The summed E-state index contributed by atoms with van der Waals surface area (Å²) in [7, 11) is 0.